The highest BCUT2D eigenvalue weighted by Crippen LogP contribution is 2.39. The number of hydrogen-bond acceptors (Lipinski definition) is 6. The molecule has 0 N–H and O–H groups in total. The van der Waals surface area contributed by atoms with Crippen molar-refractivity contribution in [3.8, 4) is 28.7 Å². The molecule has 36 heavy (non-hydrogen) atoms. The summed E-state index contributed by atoms with van der Waals surface area (Å²) in [6.45, 7) is 0.889. The van der Waals surface area contributed by atoms with Crippen molar-refractivity contribution >= 4 is 12.0 Å². The summed E-state index contributed by atoms with van der Waals surface area (Å²) < 4.78 is 41.1. The zero-order chi connectivity index (χ0) is 25.1. The number of carbonyl (C=O) groups is 1. The summed E-state index contributed by atoms with van der Waals surface area (Å²) >= 11 is 0. The lowest BCUT2D eigenvalue weighted by molar-refractivity contribution is -0.129. The molecule has 1 amide bonds. The molecule has 2 heterocycles. The third kappa shape index (κ3) is 4.79. The second-order valence-electron chi connectivity index (χ2n) is 8.41. The highest BCUT2D eigenvalue weighted by atomic mass is 19.1. The number of methoxy groups -OCH3 is 2. The molecule has 0 aromatic heterocycles. The van der Waals surface area contributed by atoms with E-state index in [2.05, 4.69) is 0 Å². The Hall–Kier alpha value is -4.20. The van der Waals surface area contributed by atoms with Crippen molar-refractivity contribution in [1.29, 1.82) is 0 Å². The Kier molecular flexibility index (Phi) is 6.66. The SMILES string of the molecule is COc1cc2c(cc1OC)[C@H](COc1ccc(F)cc1)N(C(=O)/C=C/c1ccc3c(c1)OCO3)CC2. The first-order valence-electron chi connectivity index (χ1n) is 11.6. The highest BCUT2D eigenvalue weighted by Gasteiger charge is 2.32. The third-order valence-electron chi connectivity index (χ3n) is 6.32. The van der Waals surface area contributed by atoms with Gasteiger partial charge in [0.2, 0.25) is 12.7 Å². The van der Waals surface area contributed by atoms with Gasteiger partial charge in [0.1, 0.15) is 18.2 Å². The van der Waals surface area contributed by atoms with Gasteiger partial charge < -0.3 is 28.6 Å². The van der Waals surface area contributed by atoms with E-state index >= 15 is 0 Å². The molecular formula is C28H26FNO6. The second kappa shape index (κ2) is 10.2. The first kappa shape index (κ1) is 23.5. The molecule has 186 valence electrons. The molecule has 0 bridgehead atoms. The maximum absolute atomic E-state index is 13.4. The van der Waals surface area contributed by atoms with Gasteiger partial charge >= 0.3 is 0 Å². The lowest BCUT2D eigenvalue weighted by atomic mass is 9.92. The molecule has 3 aromatic carbocycles. The fourth-order valence-corrected chi connectivity index (χ4v) is 4.46. The van der Waals surface area contributed by atoms with E-state index in [9.17, 15) is 9.18 Å². The molecule has 5 rings (SSSR count). The maximum Gasteiger partial charge on any atom is 0.247 e. The van der Waals surface area contributed by atoms with Crippen LogP contribution in [0.1, 0.15) is 22.7 Å². The Morgan fingerprint density at radius 3 is 2.56 bits per heavy atom. The van der Waals surface area contributed by atoms with E-state index in [4.69, 9.17) is 23.7 Å². The molecule has 1 atom stereocenters. The number of fused-ring (bicyclic) bond motifs is 2. The number of nitrogens with zero attached hydrogens (tertiary/aromatic N) is 1. The van der Waals surface area contributed by atoms with E-state index in [0.29, 0.717) is 41.7 Å². The second-order valence-corrected chi connectivity index (χ2v) is 8.41. The average molecular weight is 492 g/mol. The van der Waals surface area contributed by atoms with Crippen LogP contribution in [0, 0.1) is 5.82 Å². The van der Waals surface area contributed by atoms with Gasteiger partial charge in [-0.3, -0.25) is 4.79 Å². The van der Waals surface area contributed by atoms with Crippen LogP contribution in [-0.4, -0.2) is 45.0 Å². The smallest absolute Gasteiger partial charge is 0.247 e. The van der Waals surface area contributed by atoms with Crippen molar-refractivity contribution in [2.75, 3.05) is 34.2 Å². The van der Waals surface area contributed by atoms with Gasteiger partial charge in [-0.15, -0.1) is 0 Å². The van der Waals surface area contributed by atoms with Crippen LogP contribution in [0.25, 0.3) is 6.08 Å². The van der Waals surface area contributed by atoms with Crippen LogP contribution in [0.3, 0.4) is 0 Å². The summed E-state index contributed by atoms with van der Waals surface area (Å²) in [6.07, 6.45) is 3.97. The molecule has 3 aromatic rings. The minimum absolute atomic E-state index is 0.152. The zero-order valence-corrected chi connectivity index (χ0v) is 20.0. The van der Waals surface area contributed by atoms with Crippen molar-refractivity contribution in [2.24, 2.45) is 0 Å². The summed E-state index contributed by atoms with van der Waals surface area (Å²) in [5.74, 6) is 2.59. The standard InChI is InChI=1S/C28H26FNO6/c1-32-25-14-19-11-12-30(28(31)10-4-18-3-9-24-27(13-18)36-17-35-24)23(22(19)15-26(25)33-2)16-34-21-7-5-20(29)6-8-21/h3-10,13-15,23H,11-12,16-17H2,1-2H3/b10-4+/t23-/m0/s1. The van der Waals surface area contributed by atoms with Crippen molar-refractivity contribution in [3.63, 3.8) is 0 Å². The molecule has 2 aliphatic heterocycles. The van der Waals surface area contributed by atoms with Crippen LogP contribution < -0.4 is 23.7 Å². The van der Waals surface area contributed by atoms with E-state index in [1.807, 2.05) is 30.3 Å². The molecule has 8 heteroatoms. The minimum atomic E-state index is -0.382. The van der Waals surface area contributed by atoms with Gasteiger partial charge in [0.15, 0.2) is 23.0 Å². The van der Waals surface area contributed by atoms with Crippen molar-refractivity contribution in [3.05, 3.63) is 83.2 Å². The van der Waals surface area contributed by atoms with Gasteiger partial charge in [-0.2, -0.15) is 0 Å². The molecule has 0 unspecified atom stereocenters. The lowest BCUT2D eigenvalue weighted by Crippen LogP contribution is -2.41. The van der Waals surface area contributed by atoms with Gasteiger partial charge in [-0.1, -0.05) is 6.07 Å². The summed E-state index contributed by atoms with van der Waals surface area (Å²) in [5.41, 5.74) is 2.81. The molecule has 0 spiro atoms. The minimum Gasteiger partial charge on any atom is -0.493 e. The number of ether oxygens (including phenoxy) is 5. The monoisotopic (exact) mass is 491 g/mol. The lowest BCUT2D eigenvalue weighted by Gasteiger charge is -2.37. The van der Waals surface area contributed by atoms with Crippen LogP contribution in [0.5, 0.6) is 28.7 Å². The Morgan fingerprint density at radius 1 is 1.03 bits per heavy atom. The first-order valence-corrected chi connectivity index (χ1v) is 11.6. The predicted octanol–water partition coefficient (Wildman–Crippen LogP) is 4.79. The molecular weight excluding hydrogens is 465 g/mol. The van der Waals surface area contributed by atoms with Crippen molar-refractivity contribution in [2.45, 2.75) is 12.5 Å². The Morgan fingerprint density at radius 2 is 1.78 bits per heavy atom. The fourth-order valence-electron chi connectivity index (χ4n) is 4.46. The summed E-state index contributed by atoms with van der Waals surface area (Å²) in [6, 6.07) is 14.8. The largest absolute Gasteiger partial charge is 0.493 e. The fraction of sp³-hybridized carbons (Fsp3) is 0.250. The first-order chi connectivity index (χ1) is 17.6. The summed E-state index contributed by atoms with van der Waals surface area (Å²) in [7, 11) is 3.17. The van der Waals surface area contributed by atoms with Crippen LogP contribution >= 0.6 is 0 Å². The Balaban J connectivity index is 1.42. The average Bonchev–Trinajstić information content (AvgIpc) is 3.38. The van der Waals surface area contributed by atoms with Crippen LogP contribution in [0.4, 0.5) is 4.39 Å². The number of halogens is 1. The summed E-state index contributed by atoms with van der Waals surface area (Å²) in [5, 5.41) is 0. The topological polar surface area (TPSA) is 66.5 Å². The van der Waals surface area contributed by atoms with E-state index in [-0.39, 0.29) is 31.2 Å². The van der Waals surface area contributed by atoms with Crippen LogP contribution in [-0.2, 0) is 11.2 Å². The number of rotatable bonds is 7. The van der Waals surface area contributed by atoms with Gasteiger partial charge in [0.25, 0.3) is 0 Å². The van der Waals surface area contributed by atoms with Crippen molar-refractivity contribution in [1.82, 2.24) is 4.90 Å². The number of hydrogen-bond donors (Lipinski definition) is 0. The third-order valence-corrected chi connectivity index (χ3v) is 6.32. The molecule has 0 saturated heterocycles. The number of carbonyl (C=O) groups excluding carboxylic acids is 1. The molecule has 0 saturated carbocycles. The molecule has 0 radical (unpaired) electrons. The quantitative estimate of drug-likeness (QED) is 0.443. The van der Waals surface area contributed by atoms with Crippen molar-refractivity contribution < 1.29 is 32.9 Å². The van der Waals surface area contributed by atoms with E-state index < -0.39 is 0 Å². The van der Waals surface area contributed by atoms with Crippen LogP contribution in [0.2, 0.25) is 0 Å². The van der Waals surface area contributed by atoms with E-state index in [0.717, 1.165) is 16.7 Å². The molecule has 7 nitrogen and oxygen atoms in total. The predicted molar refractivity (Wildman–Crippen MR) is 131 cm³/mol. The normalized spacial score (nSPS) is 16.1. The van der Waals surface area contributed by atoms with E-state index in [1.54, 1.807) is 43.4 Å². The molecule has 0 fully saturated rings. The van der Waals surface area contributed by atoms with Gasteiger partial charge in [0.05, 0.1) is 20.3 Å². The highest BCUT2D eigenvalue weighted by molar-refractivity contribution is 5.92. The molecule has 2 aliphatic rings. The van der Waals surface area contributed by atoms with E-state index in [1.165, 1.54) is 12.1 Å². The summed E-state index contributed by atoms with van der Waals surface area (Å²) in [4.78, 5) is 15.2. The van der Waals surface area contributed by atoms with Gasteiger partial charge in [-0.25, -0.2) is 4.39 Å². The number of benzene rings is 3. The zero-order valence-electron chi connectivity index (χ0n) is 20.0. The van der Waals surface area contributed by atoms with Gasteiger partial charge in [0, 0.05) is 12.6 Å². The van der Waals surface area contributed by atoms with Gasteiger partial charge in [-0.05, 0) is 77.7 Å². The Labute approximate surface area is 208 Å². The van der Waals surface area contributed by atoms with Crippen LogP contribution in [0.15, 0.2) is 60.7 Å². The molecule has 0 aliphatic carbocycles. The Bertz CT molecular complexity index is 1290. The number of amides is 1. The maximum atomic E-state index is 13.4.